The minimum absolute atomic E-state index is 0. The molecular weight excluding hydrogens is 228 g/mol. The van der Waals surface area contributed by atoms with Crippen LogP contribution in [0.2, 0.25) is 0 Å². The van der Waals surface area contributed by atoms with Gasteiger partial charge in [-0.1, -0.05) is 20.8 Å². The van der Waals surface area contributed by atoms with Crippen LogP contribution in [-0.2, 0) is 9.53 Å². The lowest BCUT2D eigenvalue weighted by molar-refractivity contribution is -0.123. The number of nitrogens with one attached hydrogen (secondary N) is 1. The van der Waals surface area contributed by atoms with E-state index in [4.69, 9.17) is 10.5 Å². The fourth-order valence-corrected chi connectivity index (χ4v) is 1.57. The fourth-order valence-electron chi connectivity index (χ4n) is 1.57. The van der Waals surface area contributed by atoms with Crippen LogP contribution in [-0.4, -0.2) is 31.7 Å². The number of halogens is 1. The van der Waals surface area contributed by atoms with E-state index < -0.39 is 6.04 Å². The standard InChI is InChI=1S/C11H22N2O2.ClH/c1-8(2)9(12)10(14)13-6-11(3)4-5-15-7-11;/h8-9H,4-7,12H2,1-3H3,(H,13,14);1H. The number of hydrogen-bond acceptors (Lipinski definition) is 3. The molecule has 1 amide bonds. The van der Waals surface area contributed by atoms with Crippen LogP contribution < -0.4 is 11.1 Å². The number of hydrogen-bond donors (Lipinski definition) is 2. The highest BCUT2D eigenvalue weighted by Gasteiger charge is 2.30. The predicted octanol–water partition coefficient (Wildman–Crippen LogP) is 0.934. The van der Waals surface area contributed by atoms with Gasteiger partial charge in [-0.25, -0.2) is 0 Å². The van der Waals surface area contributed by atoms with Crippen molar-refractivity contribution in [1.29, 1.82) is 0 Å². The maximum absolute atomic E-state index is 11.6. The van der Waals surface area contributed by atoms with E-state index in [-0.39, 0.29) is 29.6 Å². The van der Waals surface area contributed by atoms with E-state index in [0.717, 1.165) is 19.6 Å². The lowest BCUT2D eigenvalue weighted by Gasteiger charge is -2.24. The number of carbonyl (C=O) groups is 1. The van der Waals surface area contributed by atoms with Crippen molar-refractivity contribution in [3.8, 4) is 0 Å². The van der Waals surface area contributed by atoms with Gasteiger partial charge in [-0.3, -0.25) is 4.79 Å². The van der Waals surface area contributed by atoms with Gasteiger partial charge in [0.25, 0.3) is 0 Å². The van der Waals surface area contributed by atoms with Crippen molar-refractivity contribution in [3.05, 3.63) is 0 Å². The third-order valence-corrected chi connectivity index (χ3v) is 3.01. The molecule has 0 aromatic heterocycles. The third kappa shape index (κ3) is 4.28. The molecule has 0 aromatic carbocycles. The van der Waals surface area contributed by atoms with Gasteiger partial charge in [0.1, 0.15) is 0 Å². The van der Waals surface area contributed by atoms with Gasteiger partial charge < -0.3 is 15.8 Å². The molecule has 1 saturated heterocycles. The van der Waals surface area contributed by atoms with Crippen LogP contribution in [0.3, 0.4) is 0 Å². The maximum atomic E-state index is 11.6. The SMILES string of the molecule is CC(C)C(N)C(=O)NCC1(C)CCOC1.Cl. The summed E-state index contributed by atoms with van der Waals surface area (Å²) < 4.78 is 5.32. The number of nitrogens with two attached hydrogens (primary N) is 1. The molecule has 2 atom stereocenters. The summed E-state index contributed by atoms with van der Waals surface area (Å²) in [7, 11) is 0. The summed E-state index contributed by atoms with van der Waals surface area (Å²) >= 11 is 0. The molecule has 0 radical (unpaired) electrons. The van der Waals surface area contributed by atoms with Crippen LogP contribution in [0, 0.1) is 11.3 Å². The average molecular weight is 251 g/mol. The zero-order valence-corrected chi connectivity index (χ0v) is 11.1. The molecular formula is C11H23ClN2O2. The van der Waals surface area contributed by atoms with Gasteiger partial charge in [0.15, 0.2) is 0 Å². The fraction of sp³-hybridized carbons (Fsp3) is 0.909. The van der Waals surface area contributed by atoms with Crippen molar-refractivity contribution in [2.75, 3.05) is 19.8 Å². The summed E-state index contributed by atoms with van der Waals surface area (Å²) in [6.07, 6.45) is 1.00. The Morgan fingerprint density at radius 3 is 2.62 bits per heavy atom. The molecule has 1 rings (SSSR count). The van der Waals surface area contributed by atoms with Gasteiger partial charge in [-0.15, -0.1) is 12.4 Å². The van der Waals surface area contributed by atoms with Crippen molar-refractivity contribution in [2.24, 2.45) is 17.1 Å². The quantitative estimate of drug-likeness (QED) is 0.780. The van der Waals surface area contributed by atoms with E-state index in [1.165, 1.54) is 0 Å². The zero-order chi connectivity index (χ0) is 11.5. The Kier molecular flexibility index (Phi) is 6.30. The first-order chi connectivity index (χ1) is 6.94. The van der Waals surface area contributed by atoms with E-state index >= 15 is 0 Å². The largest absolute Gasteiger partial charge is 0.381 e. The summed E-state index contributed by atoms with van der Waals surface area (Å²) in [5.41, 5.74) is 5.83. The second-order valence-electron chi connectivity index (χ2n) is 5.10. The Morgan fingerprint density at radius 1 is 1.56 bits per heavy atom. The number of amides is 1. The molecule has 96 valence electrons. The van der Waals surface area contributed by atoms with Gasteiger partial charge in [0, 0.05) is 18.6 Å². The highest BCUT2D eigenvalue weighted by molar-refractivity contribution is 5.85. The van der Waals surface area contributed by atoms with E-state index in [2.05, 4.69) is 12.2 Å². The van der Waals surface area contributed by atoms with Gasteiger partial charge in [0.05, 0.1) is 12.6 Å². The second kappa shape index (κ2) is 6.42. The van der Waals surface area contributed by atoms with Crippen molar-refractivity contribution in [3.63, 3.8) is 0 Å². The molecule has 0 aromatic rings. The molecule has 16 heavy (non-hydrogen) atoms. The Morgan fingerprint density at radius 2 is 2.19 bits per heavy atom. The Bertz CT molecular complexity index is 228. The Balaban J connectivity index is 0.00000225. The molecule has 4 nitrogen and oxygen atoms in total. The first kappa shape index (κ1) is 15.7. The molecule has 0 bridgehead atoms. The van der Waals surface area contributed by atoms with E-state index in [1.807, 2.05) is 13.8 Å². The molecule has 3 N–H and O–H groups in total. The smallest absolute Gasteiger partial charge is 0.237 e. The monoisotopic (exact) mass is 250 g/mol. The average Bonchev–Trinajstić information content (AvgIpc) is 2.61. The van der Waals surface area contributed by atoms with E-state index in [1.54, 1.807) is 0 Å². The van der Waals surface area contributed by atoms with Gasteiger partial charge in [-0.2, -0.15) is 0 Å². The van der Waals surface area contributed by atoms with Crippen molar-refractivity contribution >= 4 is 18.3 Å². The first-order valence-corrected chi connectivity index (χ1v) is 5.56. The van der Waals surface area contributed by atoms with Gasteiger partial charge in [-0.05, 0) is 12.3 Å². The molecule has 0 saturated carbocycles. The number of carbonyl (C=O) groups excluding carboxylic acids is 1. The Labute approximate surface area is 104 Å². The summed E-state index contributed by atoms with van der Waals surface area (Å²) in [4.78, 5) is 11.6. The summed E-state index contributed by atoms with van der Waals surface area (Å²) in [5, 5.41) is 2.90. The third-order valence-electron chi connectivity index (χ3n) is 3.01. The number of rotatable bonds is 4. The molecule has 0 spiro atoms. The van der Waals surface area contributed by atoms with Crippen LogP contribution in [0.15, 0.2) is 0 Å². The summed E-state index contributed by atoms with van der Waals surface area (Å²) in [5.74, 6) is 0.121. The molecule has 5 heteroatoms. The van der Waals surface area contributed by atoms with Gasteiger partial charge in [0.2, 0.25) is 5.91 Å². The maximum Gasteiger partial charge on any atom is 0.237 e. The van der Waals surface area contributed by atoms with Crippen molar-refractivity contribution < 1.29 is 9.53 Å². The van der Waals surface area contributed by atoms with Crippen LogP contribution >= 0.6 is 12.4 Å². The molecule has 2 unspecified atom stereocenters. The zero-order valence-electron chi connectivity index (χ0n) is 10.3. The number of ether oxygens (including phenoxy) is 1. The van der Waals surface area contributed by atoms with Crippen LogP contribution in [0.1, 0.15) is 27.2 Å². The topological polar surface area (TPSA) is 64.4 Å². The van der Waals surface area contributed by atoms with Crippen molar-refractivity contribution in [1.82, 2.24) is 5.32 Å². The normalized spacial score (nSPS) is 26.3. The second-order valence-corrected chi connectivity index (χ2v) is 5.10. The molecule has 0 aliphatic carbocycles. The molecule has 1 heterocycles. The highest BCUT2D eigenvalue weighted by Crippen LogP contribution is 2.26. The molecule has 1 aliphatic rings. The lowest BCUT2D eigenvalue weighted by Crippen LogP contribution is -2.47. The van der Waals surface area contributed by atoms with Crippen LogP contribution in [0.25, 0.3) is 0 Å². The van der Waals surface area contributed by atoms with Crippen molar-refractivity contribution in [2.45, 2.75) is 33.2 Å². The Hall–Kier alpha value is -0.320. The minimum Gasteiger partial charge on any atom is -0.381 e. The van der Waals surface area contributed by atoms with Gasteiger partial charge >= 0.3 is 0 Å². The predicted molar refractivity (Wildman–Crippen MR) is 66.6 cm³/mol. The van der Waals surface area contributed by atoms with Crippen LogP contribution in [0.5, 0.6) is 0 Å². The first-order valence-electron chi connectivity index (χ1n) is 5.56. The molecule has 1 aliphatic heterocycles. The lowest BCUT2D eigenvalue weighted by atomic mass is 9.90. The van der Waals surface area contributed by atoms with E-state index in [0.29, 0.717) is 6.54 Å². The minimum atomic E-state index is -0.407. The van der Waals surface area contributed by atoms with E-state index in [9.17, 15) is 4.79 Å². The summed E-state index contributed by atoms with van der Waals surface area (Å²) in [6, 6.07) is -0.407. The van der Waals surface area contributed by atoms with Crippen LogP contribution in [0.4, 0.5) is 0 Å². The summed E-state index contributed by atoms with van der Waals surface area (Å²) in [6.45, 7) is 8.20. The highest BCUT2D eigenvalue weighted by atomic mass is 35.5. The molecule has 1 fully saturated rings.